The minimum atomic E-state index is -0.458. The number of hydrogen-bond donors (Lipinski definition) is 1. The van der Waals surface area contributed by atoms with Crippen LogP contribution < -0.4 is 15.6 Å². The maximum atomic E-state index is 13.5. The summed E-state index contributed by atoms with van der Waals surface area (Å²) in [7, 11) is 1.49. The Bertz CT molecular complexity index is 1340. The van der Waals surface area contributed by atoms with Crippen LogP contribution in [0.25, 0.3) is 11.3 Å². The number of ether oxygens (including phenoxy) is 1. The van der Waals surface area contributed by atoms with Crippen molar-refractivity contribution in [1.82, 2.24) is 19.2 Å². The summed E-state index contributed by atoms with van der Waals surface area (Å²) in [5.41, 5.74) is 0.427. The zero-order chi connectivity index (χ0) is 22.0. The van der Waals surface area contributed by atoms with Gasteiger partial charge >= 0.3 is 5.56 Å². The van der Waals surface area contributed by atoms with Crippen molar-refractivity contribution < 1.29 is 13.9 Å². The third-order valence-corrected chi connectivity index (χ3v) is 5.47. The van der Waals surface area contributed by atoms with Crippen LogP contribution in [0.15, 0.2) is 64.8 Å². The Morgan fingerprint density at radius 2 is 2.06 bits per heavy atom. The lowest BCUT2D eigenvalue weighted by molar-refractivity contribution is -0.113. The summed E-state index contributed by atoms with van der Waals surface area (Å²) in [4.78, 5) is 25.1. The molecule has 11 heteroatoms. The Labute approximate surface area is 184 Å². The van der Waals surface area contributed by atoms with Crippen molar-refractivity contribution in [3.05, 3.63) is 76.1 Å². The number of anilines is 1. The molecule has 0 atom stereocenters. The molecular formula is C20H15ClFN5O3S. The van der Waals surface area contributed by atoms with E-state index < -0.39 is 11.4 Å². The van der Waals surface area contributed by atoms with Crippen LogP contribution in [0, 0.1) is 5.82 Å². The minimum absolute atomic E-state index is 0.0173. The van der Waals surface area contributed by atoms with Crippen LogP contribution in [0.4, 0.5) is 10.1 Å². The van der Waals surface area contributed by atoms with Crippen LogP contribution in [0.3, 0.4) is 0 Å². The molecule has 4 rings (SSSR count). The molecule has 0 aliphatic carbocycles. The van der Waals surface area contributed by atoms with Gasteiger partial charge in [0, 0.05) is 17.4 Å². The number of amides is 1. The number of fused-ring (bicyclic) bond motifs is 1. The molecule has 1 N–H and O–H groups in total. The first-order valence-electron chi connectivity index (χ1n) is 8.95. The zero-order valence-corrected chi connectivity index (χ0v) is 17.7. The molecule has 0 saturated carbocycles. The topological polar surface area (TPSA) is 90.5 Å². The molecule has 1 amide bonds. The van der Waals surface area contributed by atoms with Gasteiger partial charge in [-0.15, -0.1) is 10.2 Å². The molecule has 0 bridgehead atoms. The molecule has 2 aromatic carbocycles. The van der Waals surface area contributed by atoms with Crippen LogP contribution in [0.1, 0.15) is 0 Å². The van der Waals surface area contributed by atoms with Gasteiger partial charge in [-0.3, -0.25) is 18.6 Å². The van der Waals surface area contributed by atoms with Crippen molar-refractivity contribution in [3.63, 3.8) is 0 Å². The summed E-state index contributed by atoms with van der Waals surface area (Å²) in [6.45, 7) is 0. The molecule has 8 nitrogen and oxygen atoms in total. The summed E-state index contributed by atoms with van der Waals surface area (Å²) in [6, 6.07) is 10.6. The van der Waals surface area contributed by atoms with E-state index in [-0.39, 0.29) is 17.3 Å². The van der Waals surface area contributed by atoms with Gasteiger partial charge in [0.2, 0.25) is 11.6 Å². The van der Waals surface area contributed by atoms with Gasteiger partial charge in [0.15, 0.2) is 5.16 Å². The molecule has 4 aromatic rings. The van der Waals surface area contributed by atoms with E-state index in [1.165, 1.54) is 40.5 Å². The minimum Gasteiger partial charge on any atom is -0.495 e. The van der Waals surface area contributed by atoms with E-state index in [1.54, 1.807) is 30.5 Å². The monoisotopic (exact) mass is 459 g/mol. The average Bonchev–Trinajstić information content (AvgIpc) is 3.17. The van der Waals surface area contributed by atoms with Crippen molar-refractivity contribution >= 4 is 40.6 Å². The molecule has 0 spiro atoms. The number of benzene rings is 2. The van der Waals surface area contributed by atoms with Crippen LogP contribution in [-0.2, 0) is 4.79 Å². The van der Waals surface area contributed by atoms with Crippen LogP contribution in [-0.4, -0.2) is 37.9 Å². The second kappa shape index (κ2) is 8.78. The maximum absolute atomic E-state index is 13.5. The summed E-state index contributed by atoms with van der Waals surface area (Å²) < 4.78 is 21.5. The molecular weight excluding hydrogens is 445 g/mol. The molecule has 0 saturated heterocycles. The number of rotatable bonds is 6. The highest BCUT2D eigenvalue weighted by Gasteiger charge is 2.15. The predicted molar refractivity (Wildman–Crippen MR) is 116 cm³/mol. The van der Waals surface area contributed by atoms with Crippen molar-refractivity contribution in [3.8, 4) is 11.4 Å². The summed E-state index contributed by atoms with van der Waals surface area (Å²) in [5, 5.41) is 11.5. The van der Waals surface area contributed by atoms with Gasteiger partial charge in [0.05, 0.1) is 24.2 Å². The lowest BCUT2D eigenvalue weighted by Gasteiger charge is -2.10. The molecule has 0 aliphatic heterocycles. The van der Waals surface area contributed by atoms with Crippen LogP contribution in [0.5, 0.6) is 5.75 Å². The molecule has 0 fully saturated rings. The second-order valence-corrected chi connectivity index (χ2v) is 7.69. The average molecular weight is 460 g/mol. The lowest BCUT2D eigenvalue weighted by Crippen LogP contribution is -2.20. The first-order valence-corrected chi connectivity index (χ1v) is 10.3. The number of nitrogens with zero attached hydrogens (tertiary/aromatic N) is 4. The van der Waals surface area contributed by atoms with Gasteiger partial charge in [0.1, 0.15) is 11.6 Å². The fraction of sp³-hybridized carbons (Fsp3) is 0.100. The van der Waals surface area contributed by atoms with Gasteiger partial charge in [-0.05, 0) is 36.4 Å². The molecule has 158 valence electrons. The molecule has 31 heavy (non-hydrogen) atoms. The highest BCUT2D eigenvalue weighted by atomic mass is 35.5. The van der Waals surface area contributed by atoms with Gasteiger partial charge in [-0.2, -0.15) is 0 Å². The Hall–Kier alpha value is -3.37. The lowest BCUT2D eigenvalue weighted by atomic mass is 10.3. The number of carbonyl (C=O) groups excluding carboxylic acids is 1. The molecule has 0 unspecified atom stereocenters. The number of thioether (sulfide) groups is 1. The largest absolute Gasteiger partial charge is 0.495 e. The first kappa shape index (κ1) is 20.9. The first-order chi connectivity index (χ1) is 15.0. The highest BCUT2D eigenvalue weighted by molar-refractivity contribution is 7.99. The molecule has 2 heterocycles. The Morgan fingerprint density at radius 1 is 1.23 bits per heavy atom. The fourth-order valence-corrected chi connectivity index (χ4v) is 3.78. The third kappa shape index (κ3) is 4.39. The second-order valence-electron chi connectivity index (χ2n) is 6.31. The normalized spacial score (nSPS) is 10.9. The van der Waals surface area contributed by atoms with E-state index in [0.29, 0.717) is 27.3 Å². The third-order valence-electron chi connectivity index (χ3n) is 4.29. The van der Waals surface area contributed by atoms with E-state index in [9.17, 15) is 14.0 Å². The molecule has 0 radical (unpaired) electrons. The van der Waals surface area contributed by atoms with Gasteiger partial charge < -0.3 is 10.1 Å². The summed E-state index contributed by atoms with van der Waals surface area (Å²) in [5.74, 6) is -0.267. The van der Waals surface area contributed by atoms with E-state index in [1.807, 2.05) is 0 Å². The number of hydrogen-bond acceptors (Lipinski definition) is 6. The van der Waals surface area contributed by atoms with Crippen molar-refractivity contribution in [2.45, 2.75) is 5.16 Å². The number of nitrogens with one attached hydrogen (secondary N) is 1. The number of carbonyl (C=O) groups is 1. The van der Waals surface area contributed by atoms with Crippen molar-refractivity contribution in [1.29, 1.82) is 0 Å². The van der Waals surface area contributed by atoms with Crippen molar-refractivity contribution in [2.75, 3.05) is 18.2 Å². The highest BCUT2D eigenvalue weighted by Crippen LogP contribution is 2.28. The van der Waals surface area contributed by atoms with E-state index >= 15 is 0 Å². The van der Waals surface area contributed by atoms with Gasteiger partial charge in [-0.1, -0.05) is 29.4 Å². The van der Waals surface area contributed by atoms with E-state index in [4.69, 9.17) is 16.3 Å². The van der Waals surface area contributed by atoms with Gasteiger partial charge in [0.25, 0.3) is 0 Å². The smallest absolute Gasteiger partial charge is 0.300 e. The Kier molecular flexibility index (Phi) is 5.92. The standard InChI is InChI=1S/C20H15ClFN5O3S/c1-30-16-6-5-12(21)9-15(16)23-17(28)11-31-20-25-24-18-19(29)26(7-8-27(18)20)14-4-2-3-13(22)10-14/h2-10H,11H2,1H3,(H,23,28). The van der Waals surface area contributed by atoms with E-state index in [0.717, 1.165) is 11.8 Å². The molecule has 2 aromatic heterocycles. The number of halogens is 2. The summed E-state index contributed by atoms with van der Waals surface area (Å²) in [6.07, 6.45) is 3.08. The Morgan fingerprint density at radius 3 is 2.84 bits per heavy atom. The fourth-order valence-electron chi connectivity index (χ4n) is 2.89. The quantitative estimate of drug-likeness (QED) is 0.444. The maximum Gasteiger partial charge on any atom is 0.300 e. The van der Waals surface area contributed by atoms with E-state index in [2.05, 4.69) is 15.5 Å². The SMILES string of the molecule is COc1ccc(Cl)cc1NC(=O)CSc1nnc2c(=O)n(-c3cccc(F)c3)ccn12. The Balaban J connectivity index is 1.52. The zero-order valence-electron chi connectivity index (χ0n) is 16.1. The van der Waals surface area contributed by atoms with Crippen molar-refractivity contribution in [2.24, 2.45) is 0 Å². The van der Waals surface area contributed by atoms with Crippen LogP contribution in [0.2, 0.25) is 5.02 Å². The number of methoxy groups -OCH3 is 1. The summed E-state index contributed by atoms with van der Waals surface area (Å²) >= 11 is 7.09. The van der Waals surface area contributed by atoms with Gasteiger partial charge in [-0.25, -0.2) is 4.39 Å². The van der Waals surface area contributed by atoms with Crippen LogP contribution >= 0.6 is 23.4 Å². The predicted octanol–water partition coefficient (Wildman–Crippen LogP) is 3.41. The number of aromatic nitrogens is 4. The molecule has 0 aliphatic rings.